The Morgan fingerprint density at radius 3 is 2.39 bits per heavy atom. The first-order chi connectivity index (χ1) is 15.2. The van der Waals surface area contributed by atoms with Crippen molar-refractivity contribution in [3.63, 3.8) is 0 Å². The zero-order valence-electron chi connectivity index (χ0n) is 16.7. The summed E-state index contributed by atoms with van der Waals surface area (Å²) in [4.78, 5) is 12.9. The second kappa shape index (κ2) is 8.40. The van der Waals surface area contributed by atoms with E-state index >= 15 is 0 Å². The molecule has 1 N–H and O–H groups in total. The van der Waals surface area contributed by atoms with Gasteiger partial charge in [0.05, 0.1) is 17.8 Å². The molecule has 0 saturated heterocycles. The van der Waals surface area contributed by atoms with Gasteiger partial charge >= 0.3 is 0 Å². The van der Waals surface area contributed by atoms with Gasteiger partial charge in [0.15, 0.2) is 0 Å². The highest BCUT2D eigenvalue weighted by molar-refractivity contribution is 7.98. The molecule has 6 heteroatoms. The molecule has 4 nitrogen and oxygen atoms in total. The van der Waals surface area contributed by atoms with Crippen LogP contribution in [0.1, 0.15) is 16.8 Å². The second-order valence-electron chi connectivity index (χ2n) is 7.44. The number of nitrogens with one attached hydrogen (secondary N) is 1. The van der Waals surface area contributed by atoms with Crippen LogP contribution in [0.5, 0.6) is 0 Å². The molecule has 0 aliphatic carbocycles. The van der Waals surface area contributed by atoms with Crippen LogP contribution in [0.15, 0.2) is 78.9 Å². The van der Waals surface area contributed by atoms with Crippen LogP contribution >= 0.6 is 11.8 Å². The van der Waals surface area contributed by atoms with E-state index in [0.29, 0.717) is 5.82 Å². The number of benzene rings is 3. The van der Waals surface area contributed by atoms with Crippen molar-refractivity contribution < 1.29 is 9.18 Å². The first kappa shape index (κ1) is 19.6. The number of fused-ring (bicyclic) bond motifs is 1. The Hall–Kier alpha value is -3.38. The smallest absolute Gasteiger partial charge is 0.229 e. The summed E-state index contributed by atoms with van der Waals surface area (Å²) in [5.41, 5.74) is 5.95. The number of hydrogen-bond acceptors (Lipinski definition) is 3. The number of rotatable bonds is 5. The number of amides is 1. The molecule has 1 aliphatic rings. The molecular weight excluding hydrogens is 409 g/mol. The number of hydrogen-bond donors (Lipinski definition) is 1. The molecule has 154 valence electrons. The maximum Gasteiger partial charge on any atom is 0.229 e. The van der Waals surface area contributed by atoms with Gasteiger partial charge in [-0.3, -0.25) is 4.79 Å². The fraction of sp³-hybridized carbons (Fsp3) is 0.120. The van der Waals surface area contributed by atoms with E-state index in [1.807, 2.05) is 42.5 Å². The minimum Gasteiger partial charge on any atom is -0.310 e. The van der Waals surface area contributed by atoms with Gasteiger partial charge in [0, 0.05) is 17.1 Å². The van der Waals surface area contributed by atoms with Gasteiger partial charge in [0.1, 0.15) is 11.6 Å². The lowest BCUT2D eigenvalue weighted by Gasteiger charge is -2.11. The standard InChI is InChI=1S/C25H20FN3OS/c26-20-10-12-21(13-11-20)29-25(22-15-31-16-23(22)28-29)27-24(30)14-17-6-8-19(9-7-17)18-4-2-1-3-5-18/h1-13H,14-16H2,(H,27,30). The Morgan fingerprint density at radius 2 is 1.65 bits per heavy atom. The molecule has 0 unspecified atom stereocenters. The Morgan fingerprint density at radius 1 is 0.935 bits per heavy atom. The van der Waals surface area contributed by atoms with Crippen LogP contribution in [0.3, 0.4) is 0 Å². The van der Waals surface area contributed by atoms with Gasteiger partial charge in [-0.2, -0.15) is 16.9 Å². The number of carbonyl (C=O) groups is 1. The molecule has 1 amide bonds. The normalized spacial score (nSPS) is 12.5. The molecule has 5 rings (SSSR count). The van der Waals surface area contributed by atoms with E-state index in [4.69, 9.17) is 0 Å². The minimum atomic E-state index is -0.302. The molecule has 0 saturated carbocycles. The van der Waals surface area contributed by atoms with E-state index in [0.717, 1.165) is 45.1 Å². The first-order valence-electron chi connectivity index (χ1n) is 10.1. The van der Waals surface area contributed by atoms with Crippen LogP contribution < -0.4 is 5.32 Å². The average molecular weight is 430 g/mol. The largest absolute Gasteiger partial charge is 0.310 e. The Bertz CT molecular complexity index is 1220. The summed E-state index contributed by atoms with van der Waals surface area (Å²) >= 11 is 1.77. The van der Waals surface area contributed by atoms with Crippen LogP contribution in [-0.2, 0) is 22.7 Å². The fourth-order valence-electron chi connectivity index (χ4n) is 3.72. The molecule has 31 heavy (non-hydrogen) atoms. The maximum atomic E-state index is 13.4. The summed E-state index contributed by atoms with van der Waals surface area (Å²) in [6.07, 6.45) is 0.269. The molecule has 4 aromatic rings. The fourth-order valence-corrected chi connectivity index (χ4v) is 4.75. The van der Waals surface area contributed by atoms with Crippen LogP contribution in [0.2, 0.25) is 0 Å². The minimum absolute atomic E-state index is 0.101. The number of thioether (sulfide) groups is 1. The number of aromatic nitrogens is 2. The van der Waals surface area contributed by atoms with Crippen molar-refractivity contribution in [2.45, 2.75) is 17.9 Å². The summed E-state index contributed by atoms with van der Waals surface area (Å²) in [5.74, 6) is 1.89. The van der Waals surface area contributed by atoms with Crippen molar-refractivity contribution in [1.82, 2.24) is 9.78 Å². The van der Waals surface area contributed by atoms with Gasteiger partial charge in [0.2, 0.25) is 5.91 Å². The Kier molecular flexibility index (Phi) is 5.30. The molecule has 0 atom stereocenters. The van der Waals surface area contributed by atoms with Crippen molar-refractivity contribution >= 4 is 23.5 Å². The van der Waals surface area contributed by atoms with Crippen molar-refractivity contribution in [3.05, 3.63) is 102 Å². The van der Waals surface area contributed by atoms with E-state index < -0.39 is 0 Å². The van der Waals surface area contributed by atoms with Gasteiger partial charge in [-0.15, -0.1) is 0 Å². The van der Waals surface area contributed by atoms with E-state index in [1.165, 1.54) is 12.1 Å². The van der Waals surface area contributed by atoms with Crippen LogP contribution in [0.25, 0.3) is 16.8 Å². The van der Waals surface area contributed by atoms with Crippen LogP contribution in [0.4, 0.5) is 10.2 Å². The molecule has 0 fully saturated rings. The average Bonchev–Trinajstić information content (AvgIpc) is 3.38. The number of halogens is 1. The van der Waals surface area contributed by atoms with E-state index in [2.05, 4.69) is 22.5 Å². The third-order valence-electron chi connectivity index (χ3n) is 5.31. The number of anilines is 1. The quantitative estimate of drug-likeness (QED) is 0.449. The maximum absolute atomic E-state index is 13.4. The second-order valence-corrected chi connectivity index (χ2v) is 8.43. The highest BCUT2D eigenvalue weighted by Gasteiger charge is 2.24. The van der Waals surface area contributed by atoms with E-state index in [9.17, 15) is 9.18 Å². The van der Waals surface area contributed by atoms with Gasteiger partial charge in [-0.25, -0.2) is 9.07 Å². The van der Waals surface area contributed by atoms with Crippen molar-refractivity contribution in [2.24, 2.45) is 0 Å². The molecule has 1 aliphatic heterocycles. The molecular formula is C25H20FN3OS. The van der Waals surface area contributed by atoms with Crippen molar-refractivity contribution in [1.29, 1.82) is 0 Å². The lowest BCUT2D eigenvalue weighted by Crippen LogP contribution is -2.18. The molecule has 2 heterocycles. The van der Waals surface area contributed by atoms with Crippen LogP contribution in [0, 0.1) is 5.82 Å². The lowest BCUT2D eigenvalue weighted by molar-refractivity contribution is -0.115. The van der Waals surface area contributed by atoms with E-state index in [1.54, 1.807) is 28.6 Å². The third kappa shape index (κ3) is 4.11. The zero-order chi connectivity index (χ0) is 21.2. The summed E-state index contributed by atoms with van der Waals surface area (Å²) in [5, 5.41) is 7.71. The SMILES string of the molecule is O=C(Cc1ccc(-c2ccccc2)cc1)Nc1c2c(nn1-c1ccc(F)cc1)CSC2. The summed E-state index contributed by atoms with van der Waals surface area (Å²) < 4.78 is 15.1. The van der Waals surface area contributed by atoms with E-state index in [-0.39, 0.29) is 18.1 Å². The Balaban J connectivity index is 1.35. The highest BCUT2D eigenvalue weighted by Crippen LogP contribution is 2.36. The van der Waals surface area contributed by atoms with Crippen molar-refractivity contribution in [3.8, 4) is 16.8 Å². The zero-order valence-corrected chi connectivity index (χ0v) is 17.5. The first-order valence-corrected chi connectivity index (χ1v) is 11.2. The molecule has 0 radical (unpaired) electrons. The molecule has 0 bridgehead atoms. The van der Waals surface area contributed by atoms with Gasteiger partial charge < -0.3 is 5.32 Å². The number of nitrogens with zero attached hydrogens (tertiary/aromatic N) is 2. The van der Waals surface area contributed by atoms with Crippen LogP contribution in [-0.4, -0.2) is 15.7 Å². The third-order valence-corrected chi connectivity index (χ3v) is 6.28. The molecule has 1 aromatic heterocycles. The molecule has 3 aromatic carbocycles. The predicted molar refractivity (Wildman–Crippen MR) is 123 cm³/mol. The topological polar surface area (TPSA) is 46.9 Å². The Labute approximate surface area is 184 Å². The van der Waals surface area contributed by atoms with Gasteiger partial charge in [0.25, 0.3) is 0 Å². The monoisotopic (exact) mass is 429 g/mol. The molecule has 0 spiro atoms. The van der Waals surface area contributed by atoms with Gasteiger partial charge in [-0.1, -0.05) is 54.6 Å². The van der Waals surface area contributed by atoms with Crippen molar-refractivity contribution in [2.75, 3.05) is 5.32 Å². The predicted octanol–water partition coefficient (Wildman–Crippen LogP) is 5.61. The summed E-state index contributed by atoms with van der Waals surface area (Å²) in [6, 6.07) is 24.3. The van der Waals surface area contributed by atoms with Gasteiger partial charge in [-0.05, 0) is 41.0 Å². The highest BCUT2D eigenvalue weighted by atomic mass is 32.2. The number of carbonyl (C=O) groups excluding carboxylic acids is 1. The lowest BCUT2D eigenvalue weighted by atomic mass is 10.0. The summed E-state index contributed by atoms with van der Waals surface area (Å²) in [7, 11) is 0. The summed E-state index contributed by atoms with van der Waals surface area (Å²) in [6.45, 7) is 0.